The predicted molar refractivity (Wildman–Crippen MR) is 95.3 cm³/mol. The lowest BCUT2D eigenvalue weighted by atomic mass is 10.2. The number of ether oxygens (including phenoxy) is 1. The van der Waals surface area contributed by atoms with E-state index < -0.39 is 6.61 Å². The Morgan fingerprint density at radius 3 is 2.48 bits per heavy atom. The van der Waals surface area contributed by atoms with E-state index in [2.05, 4.69) is 25.2 Å². The van der Waals surface area contributed by atoms with Crippen molar-refractivity contribution in [2.24, 2.45) is 10.9 Å². The van der Waals surface area contributed by atoms with Gasteiger partial charge in [0.05, 0.1) is 18.1 Å². The van der Waals surface area contributed by atoms with Crippen LogP contribution in [0.2, 0.25) is 0 Å². The molecule has 0 fully saturated rings. The molecule has 0 amide bonds. The number of nitrogens with one attached hydrogen (secondary N) is 1. The third kappa shape index (κ3) is 4.91. The summed E-state index contributed by atoms with van der Waals surface area (Å²) in [6.45, 7) is -2.87. The van der Waals surface area contributed by atoms with Crippen LogP contribution in [0.4, 0.5) is 20.5 Å². The minimum atomic E-state index is -2.87. The number of nitrogens with zero attached hydrogens (tertiary/aromatic N) is 3. The van der Waals surface area contributed by atoms with Crippen molar-refractivity contribution in [2.75, 3.05) is 5.32 Å². The molecule has 27 heavy (non-hydrogen) atoms. The number of halogens is 2. The lowest BCUT2D eigenvalue weighted by Gasteiger charge is -2.04. The largest absolute Gasteiger partial charge is 0.435 e. The van der Waals surface area contributed by atoms with E-state index in [0.29, 0.717) is 22.7 Å². The zero-order valence-corrected chi connectivity index (χ0v) is 13.1. The zero-order valence-electron chi connectivity index (χ0n) is 13.1. The van der Waals surface area contributed by atoms with Crippen LogP contribution in [0.15, 0.2) is 58.4 Å². The van der Waals surface area contributed by atoms with Crippen molar-refractivity contribution in [3.8, 4) is 17.1 Å². The first-order valence-corrected chi connectivity index (χ1v) is 7.27. The molecule has 8 nitrogen and oxygen atoms in total. The van der Waals surface area contributed by atoms with Crippen molar-refractivity contribution in [1.82, 2.24) is 9.97 Å². The molecule has 0 aliphatic heterocycles. The van der Waals surface area contributed by atoms with E-state index >= 15 is 0 Å². The van der Waals surface area contributed by atoms with Crippen molar-refractivity contribution < 1.29 is 23.1 Å². The van der Waals surface area contributed by atoms with Crippen molar-refractivity contribution >= 4 is 17.5 Å². The summed E-state index contributed by atoms with van der Waals surface area (Å²) in [6, 6.07) is 9.40. The molecule has 0 aliphatic carbocycles. The molecule has 0 bridgehead atoms. The van der Waals surface area contributed by atoms with Crippen LogP contribution in [0.25, 0.3) is 11.3 Å². The fourth-order valence-electron chi connectivity index (χ4n) is 2.06. The topological polar surface area (TPSA) is 119 Å². The Bertz CT molecular complexity index is 896. The molecule has 2 heterocycles. The molecule has 142 valence electrons. The number of rotatable bonds is 6. The van der Waals surface area contributed by atoms with Crippen LogP contribution in [0.1, 0.15) is 13.1 Å². The first kappa shape index (κ1) is 19.6. The van der Waals surface area contributed by atoms with Gasteiger partial charge in [-0.2, -0.15) is 8.78 Å². The summed E-state index contributed by atoms with van der Waals surface area (Å²) in [5.74, 6) is 0.394. The molecule has 0 spiro atoms. The van der Waals surface area contributed by atoms with Gasteiger partial charge < -0.3 is 25.4 Å². The molecule has 3 rings (SSSR count). The average Bonchev–Trinajstić information content (AvgIpc) is 3.10. The minimum absolute atomic E-state index is 0. The highest BCUT2D eigenvalue weighted by atomic mass is 19.3. The molecule has 1 aromatic carbocycles. The van der Waals surface area contributed by atoms with Gasteiger partial charge in [-0.1, -0.05) is 12.6 Å². The molecule has 3 aromatic rings. The van der Waals surface area contributed by atoms with E-state index in [0.717, 1.165) is 0 Å². The molecule has 0 saturated carbocycles. The smallest absolute Gasteiger partial charge is 0.387 e. The van der Waals surface area contributed by atoms with E-state index in [9.17, 15) is 8.78 Å². The van der Waals surface area contributed by atoms with Gasteiger partial charge in [0.25, 0.3) is 6.01 Å². The highest BCUT2D eigenvalue weighted by Crippen LogP contribution is 2.26. The lowest BCUT2D eigenvalue weighted by molar-refractivity contribution is -0.0498. The molecule has 2 aromatic heterocycles. The fourth-order valence-corrected chi connectivity index (χ4v) is 2.06. The number of pyridine rings is 1. The van der Waals surface area contributed by atoms with Crippen molar-refractivity contribution in [1.29, 1.82) is 0 Å². The monoisotopic (exact) mass is 377 g/mol. The van der Waals surface area contributed by atoms with Crippen LogP contribution in [-0.2, 0) is 0 Å². The Kier molecular flexibility index (Phi) is 6.26. The first-order chi connectivity index (χ1) is 12.5. The van der Waals surface area contributed by atoms with Gasteiger partial charge in [0.1, 0.15) is 11.4 Å². The summed E-state index contributed by atoms with van der Waals surface area (Å²) in [6.07, 6.45) is 2.96. The Morgan fingerprint density at radius 1 is 1.15 bits per heavy atom. The van der Waals surface area contributed by atoms with Gasteiger partial charge in [-0.05, 0) is 36.4 Å². The van der Waals surface area contributed by atoms with Crippen molar-refractivity contribution in [3.05, 3.63) is 54.5 Å². The second-order valence-electron chi connectivity index (χ2n) is 4.97. The number of hydrogen-bond acceptors (Lipinski definition) is 7. The number of amidine groups is 1. The van der Waals surface area contributed by atoms with Gasteiger partial charge in [0, 0.05) is 5.56 Å². The predicted octanol–water partition coefficient (Wildman–Crippen LogP) is 3.81. The molecule has 0 aliphatic rings. The molecular weight excluding hydrogens is 360 g/mol. The molecule has 0 unspecified atom stereocenters. The number of alkyl halides is 2. The van der Waals surface area contributed by atoms with Crippen LogP contribution in [0.5, 0.6) is 5.75 Å². The van der Waals surface area contributed by atoms with Crippen LogP contribution in [0, 0.1) is 0 Å². The Morgan fingerprint density at radius 2 is 1.89 bits per heavy atom. The molecule has 10 heteroatoms. The molecule has 0 radical (unpaired) electrons. The van der Waals surface area contributed by atoms with Crippen LogP contribution < -0.4 is 15.8 Å². The maximum absolute atomic E-state index is 12.2. The van der Waals surface area contributed by atoms with Crippen LogP contribution >= 0.6 is 0 Å². The summed E-state index contributed by atoms with van der Waals surface area (Å²) in [5.41, 5.74) is 6.98. The van der Waals surface area contributed by atoms with Gasteiger partial charge in [-0.25, -0.2) is 4.98 Å². The summed E-state index contributed by atoms with van der Waals surface area (Å²) in [7, 11) is 0. The number of oxazole rings is 1. The van der Waals surface area contributed by atoms with Gasteiger partial charge in [0.15, 0.2) is 11.6 Å². The first-order valence-electron chi connectivity index (χ1n) is 7.27. The summed E-state index contributed by atoms with van der Waals surface area (Å²) in [5, 5.41) is 14.4. The Labute approximate surface area is 153 Å². The maximum atomic E-state index is 12.2. The number of nitrogens with two attached hydrogens (primary N) is 1. The second kappa shape index (κ2) is 8.61. The zero-order chi connectivity index (χ0) is 18.5. The second-order valence-corrected chi connectivity index (χ2v) is 4.97. The quantitative estimate of drug-likeness (QED) is 0.259. The van der Waals surface area contributed by atoms with Gasteiger partial charge >= 0.3 is 6.61 Å². The van der Waals surface area contributed by atoms with Crippen LogP contribution in [0.3, 0.4) is 0 Å². The number of aromatic nitrogens is 2. The lowest BCUT2D eigenvalue weighted by Crippen LogP contribution is -2.14. The van der Waals surface area contributed by atoms with Gasteiger partial charge in [-0.15, -0.1) is 0 Å². The third-order valence-electron chi connectivity index (χ3n) is 3.25. The Hall–Kier alpha value is -3.69. The van der Waals surface area contributed by atoms with Crippen molar-refractivity contribution in [3.63, 3.8) is 0 Å². The van der Waals surface area contributed by atoms with Gasteiger partial charge in [-0.3, -0.25) is 4.98 Å². The van der Waals surface area contributed by atoms with E-state index in [4.69, 9.17) is 15.4 Å². The normalized spacial score (nSPS) is 11.1. The fraction of sp³-hybridized carbons (Fsp3) is 0.118. The summed E-state index contributed by atoms with van der Waals surface area (Å²) < 4.78 is 34.2. The molecule has 4 N–H and O–H groups in total. The minimum Gasteiger partial charge on any atom is -0.435 e. The molecular formula is C17H17F2N5O3. The van der Waals surface area contributed by atoms with Gasteiger partial charge in [0.2, 0.25) is 0 Å². The number of hydrogen-bond donors (Lipinski definition) is 3. The highest BCUT2D eigenvalue weighted by Gasteiger charge is 2.09. The maximum Gasteiger partial charge on any atom is 0.387 e. The summed E-state index contributed by atoms with van der Waals surface area (Å²) >= 11 is 0. The third-order valence-corrected chi connectivity index (χ3v) is 3.25. The number of anilines is 2. The van der Waals surface area contributed by atoms with E-state index in [-0.39, 0.29) is 25.0 Å². The van der Waals surface area contributed by atoms with Crippen molar-refractivity contribution in [2.45, 2.75) is 14.0 Å². The molecule has 0 saturated heterocycles. The van der Waals surface area contributed by atoms with Crippen LogP contribution in [-0.4, -0.2) is 27.6 Å². The van der Waals surface area contributed by atoms with E-state index in [1.807, 2.05) is 0 Å². The van der Waals surface area contributed by atoms with E-state index in [1.54, 1.807) is 24.3 Å². The molecule has 0 atom stereocenters. The Balaban J connectivity index is 0.00000261. The number of benzene rings is 1. The number of oxime groups is 1. The summed E-state index contributed by atoms with van der Waals surface area (Å²) in [4.78, 5) is 8.11. The highest BCUT2D eigenvalue weighted by molar-refractivity contribution is 5.95. The van der Waals surface area contributed by atoms with E-state index in [1.165, 1.54) is 24.5 Å². The SMILES string of the molecule is C.N/C(=N\O)c1ccc(Nc2ncc(-c3ccc(OC(F)F)cc3)o2)cn1. The average molecular weight is 377 g/mol. The standard InChI is InChI=1S/C16H13F2N5O3.CH4/c17-15(18)25-11-4-1-9(2-5-11)13-8-21-16(26-13)22-10-3-6-12(20-7-10)14(19)23-24;/h1-8,15,24H,(H2,19,23)(H,21,22);1H4.